The van der Waals surface area contributed by atoms with Crippen molar-refractivity contribution in [1.82, 2.24) is 9.97 Å². The van der Waals surface area contributed by atoms with Gasteiger partial charge in [0.2, 0.25) is 5.88 Å². The molecule has 1 amide bonds. The van der Waals surface area contributed by atoms with E-state index < -0.39 is 21.2 Å². The molecular formula is C27H33N3O6S2. The quantitative estimate of drug-likeness (QED) is 0.386. The van der Waals surface area contributed by atoms with Crippen LogP contribution in [-0.4, -0.2) is 55.5 Å². The number of anilines is 1. The molecule has 0 bridgehead atoms. The van der Waals surface area contributed by atoms with Crippen molar-refractivity contribution < 1.29 is 27.4 Å². The van der Waals surface area contributed by atoms with E-state index in [1.54, 1.807) is 30.3 Å². The van der Waals surface area contributed by atoms with Gasteiger partial charge in [-0.05, 0) is 56.4 Å². The fourth-order valence-corrected chi connectivity index (χ4v) is 7.50. The molecular weight excluding hydrogens is 526 g/mol. The van der Waals surface area contributed by atoms with E-state index in [1.807, 2.05) is 13.0 Å². The van der Waals surface area contributed by atoms with Gasteiger partial charge in [-0.3, -0.25) is 10.1 Å². The van der Waals surface area contributed by atoms with Gasteiger partial charge < -0.3 is 14.2 Å². The molecule has 3 heterocycles. The van der Waals surface area contributed by atoms with Gasteiger partial charge in [0.05, 0.1) is 22.9 Å². The summed E-state index contributed by atoms with van der Waals surface area (Å²) in [5.74, 6) is 0.163. The van der Waals surface area contributed by atoms with E-state index >= 15 is 0 Å². The predicted octanol–water partition coefficient (Wildman–Crippen LogP) is 5.07. The summed E-state index contributed by atoms with van der Waals surface area (Å²) in [5, 5.41) is 2.87. The van der Waals surface area contributed by atoms with E-state index in [2.05, 4.69) is 15.3 Å². The maximum atomic E-state index is 13.5. The van der Waals surface area contributed by atoms with Gasteiger partial charge in [-0.1, -0.05) is 42.7 Å². The third-order valence-corrected chi connectivity index (χ3v) is 10.1. The fraction of sp³-hybridized carbons (Fsp3) is 0.519. The Bertz CT molecular complexity index is 1350. The molecule has 1 saturated heterocycles. The number of pyridine rings is 1. The summed E-state index contributed by atoms with van der Waals surface area (Å²) in [6.45, 7) is 3.31. The summed E-state index contributed by atoms with van der Waals surface area (Å²) in [5.41, 5.74) is 1.28. The number of ether oxygens (including phenoxy) is 3. The van der Waals surface area contributed by atoms with Gasteiger partial charge in [-0.2, -0.15) is 0 Å². The van der Waals surface area contributed by atoms with Gasteiger partial charge in [-0.15, -0.1) is 0 Å². The summed E-state index contributed by atoms with van der Waals surface area (Å²) in [6, 6.07) is 10.1. The molecule has 1 N–H and O–H groups in total. The highest BCUT2D eigenvalue weighted by Crippen LogP contribution is 2.32. The number of nitrogens with one attached hydrogen (secondary N) is 1. The number of carbonyl (C=O) groups is 1. The van der Waals surface area contributed by atoms with Crippen LogP contribution in [0.5, 0.6) is 5.88 Å². The topological polar surface area (TPSA) is 117 Å². The molecule has 1 atom stereocenters. The van der Waals surface area contributed by atoms with Gasteiger partial charge in [0.25, 0.3) is 5.91 Å². The maximum Gasteiger partial charge on any atom is 0.259 e. The molecule has 0 radical (unpaired) electrons. The molecule has 9 nitrogen and oxygen atoms in total. The van der Waals surface area contributed by atoms with Crippen LogP contribution in [0.25, 0.3) is 10.3 Å². The molecule has 5 rings (SSSR count). The lowest BCUT2D eigenvalue weighted by Crippen LogP contribution is -2.29. The van der Waals surface area contributed by atoms with Gasteiger partial charge in [0.15, 0.2) is 21.1 Å². The Morgan fingerprint density at radius 1 is 1.05 bits per heavy atom. The van der Waals surface area contributed by atoms with Crippen LogP contribution in [-0.2, 0) is 24.1 Å². The van der Waals surface area contributed by atoms with Crippen molar-refractivity contribution in [3.8, 4) is 5.88 Å². The van der Waals surface area contributed by atoms with Crippen LogP contribution in [0.1, 0.15) is 63.5 Å². The van der Waals surface area contributed by atoms with Crippen LogP contribution in [0.3, 0.4) is 0 Å². The number of thiazole rings is 1. The Balaban J connectivity index is 1.37. The number of fused-ring (bicyclic) bond motifs is 1. The van der Waals surface area contributed by atoms with E-state index in [0.717, 1.165) is 32.1 Å². The molecule has 1 aliphatic heterocycles. The summed E-state index contributed by atoms with van der Waals surface area (Å²) >= 11 is 1.27. The molecule has 3 aromatic rings. The zero-order valence-corrected chi connectivity index (χ0v) is 23.1. The van der Waals surface area contributed by atoms with Crippen molar-refractivity contribution in [3.05, 3.63) is 42.0 Å². The molecule has 2 aromatic heterocycles. The first-order valence-corrected chi connectivity index (χ1v) is 15.6. The molecule has 204 valence electrons. The largest absolute Gasteiger partial charge is 0.478 e. The minimum Gasteiger partial charge on any atom is -0.478 e. The lowest BCUT2D eigenvalue weighted by Gasteiger charge is -2.27. The second-order valence-electron chi connectivity index (χ2n) is 9.62. The van der Waals surface area contributed by atoms with Crippen molar-refractivity contribution >= 4 is 42.6 Å². The first kappa shape index (κ1) is 27.0. The predicted molar refractivity (Wildman–Crippen MR) is 145 cm³/mol. The van der Waals surface area contributed by atoms with Gasteiger partial charge in [0.1, 0.15) is 10.3 Å². The number of carbonyl (C=O) groups excluding carboxylic acids is 1. The number of hydrogen-bond donors (Lipinski definition) is 1. The Morgan fingerprint density at radius 2 is 1.79 bits per heavy atom. The zero-order valence-electron chi connectivity index (χ0n) is 21.4. The highest BCUT2D eigenvalue weighted by atomic mass is 32.2. The number of aromatic nitrogens is 2. The molecule has 2 aliphatic rings. The Hall–Kier alpha value is -2.60. The third kappa shape index (κ3) is 6.17. The molecule has 1 aliphatic carbocycles. The SMILES string of the molecule is CCOc1ccc2nc(NC(=O)C(OC3CCCCC3)c3ccc(S(=O)(=O)C4CCOCC4)cc3)sc2n1. The van der Waals surface area contributed by atoms with Gasteiger partial charge in [0, 0.05) is 19.3 Å². The minimum absolute atomic E-state index is 0.0315. The highest BCUT2D eigenvalue weighted by molar-refractivity contribution is 7.92. The van der Waals surface area contributed by atoms with Crippen LogP contribution in [0, 0.1) is 0 Å². The lowest BCUT2D eigenvalue weighted by molar-refractivity contribution is -0.133. The summed E-state index contributed by atoms with van der Waals surface area (Å²) in [4.78, 5) is 23.4. The molecule has 1 saturated carbocycles. The molecule has 11 heteroatoms. The summed E-state index contributed by atoms with van der Waals surface area (Å²) in [7, 11) is -3.47. The Kier molecular flexibility index (Phi) is 8.57. The first-order valence-electron chi connectivity index (χ1n) is 13.2. The molecule has 0 spiro atoms. The normalized spacial score (nSPS) is 18.3. The van der Waals surface area contributed by atoms with E-state index in [4.69, 9.17) is 14.2 Å². The zero-order chi connectivity index (χ0) is 26.5. The van der Waals surface area contributed by atoms with Crippen molar-refractivity contribution in [2.24, 2.45) is 0 Å². The number of hydrogen-bond acceptors (Lipinski definition) is 9. The van der Waals surface area contributed by atoms with E-state index in [-0.39, 0.29) is 16.9 Å². The molecule has 38 heavy (non-hydrogen) atoms. The molecule has 1 unspecified atom stereocenters. The van der Waals surface area contributed by atoms with Gasteiger partial charge in [-0.25, -0.2) is 18.4 Å². The van der Waals surface area contributed by atoms with Crippen molar-refractivity contribution in [1.29, 1.82) is 0 Å². The van der Waals surface area contributed by atoms with Crippen molar-refractivity contribution in [3.63, 3.8) is 0 Å². The van der Waals surface area contributed by atoms with Crippen LogP contribution < -0.4 is 10.1 Å². The first-order chi connectivity index (χ1) is 18.4. The summed E-state index contributed by atoms with van der Waals surface area (Å²) in [6.07, 6.45) is 5.13. The minimum atomic E-state index is -3.47. The van der Waals surface area contributed by atoms with Gasteiger partial charge >= 0.3 is 0 Å². The fourth-order valence-electron chi connectivity index (χ4n) is 4.95. The summed E-state index contributed by atoms with van der Waals surface area (Å²) < 4.78 is 43.4. The average Bonchev–Trinajstić information content (AvgIpc) is 3.34. The number of rotatable bonds is 9. The van der Waals surface area contributed by atoms with Crippen molar-refractivity contribution in [2.45, 2.75) is 74.2 Å². The Labute approximate surface area is 226 Å². The smallest absolute Gasteiger partial charge is 0.259 e. The monoisotopic (exact) mass is 559 g/mol. The van der Waals surface area contributed by atoms with Crippen LogP contribution in [0.2, 0.25) is 0 Å². The Morgan fingerprint density at radius 3 is 2.50 bits per heavy atom. The second-order valence-corrected chi connectivity index (χ2v) is 12.8. The molecule has 2 fully saturated rings. The van der Waals surface area contributed by atoms with E-state index in [9.17, 15) is 13.2 Å². The average molecular weight is 560 g/mol. The van der Waals surface area contributed by atoms with E-state index in [1.165, 1.54) is 11.3 Å². The molecule has 1 aromatic carbocycles. The van der Waals surface area contributed by atoms with E-state index in [0.29, 0.717) is 59.6 Å². The van der Waals surface area contributed by atoms with Crippen LogP contribution in [0.4, 0.5) is 5.13 Å². The second kappa shape index (κ2) is 12.1. The van der Waals surface area contributed by atoms with Crippen LogP contribution in [0.15, 0.2) is 41.3 Å². The maximum absolute atomic E-state index is 13.5. The number of sulfone groups is 1. The lowest BCUT2D eigenvalue weighted by atomic mass is 9.97. The number of nitrogens with zero attached hydrogens (tertiary/aromatic N) is 2. The van der Waals surface area contributed by atoms with Crippen LogP contribution >= 0.6 is 11.3 Å². The highest BCUT2D eigenvalue weighted by Gasteiger charge is 2.31. The number of benzene rings is 1. The third-order valence-electron chi connectivity index (χ3n) is 6.99. The standard InChI is InChI=1S/C27H33N3O6S2/c1-2-35-23-13-12-22-26(29-23)37-27(28-22)30-25(31)24(36-19-6-4-3-5-7-19)18-8-10-20(11-9-18)38(32,33)21-14-16-34-17-15-21/h8-13,19,21,24H,2-7,14-17H2,1H3,(H,28,30,31). The number of amides is 1. The van der Waals surface area contributed by atoms with Crippen molar-refractivity contribution in [2.75, 3.05) is 25.1 Å².